The van der Waals surface area contributed by atoms with E-state index in [0.29, 0.717) is 40.6 Å². The maximum atomic E-state index is 13.8. The van der Waals surface area contributed by atoms with Crippen molar-refractivity contribution in [2.75, 3.05) is 19.7 Å². The smallest absolute Gasteiger partial charge is 0.266 e. The topological polar surface area (TPSA) is 60.9 Å². The number of halogens is 1. The van der Waals surface area contributed by atoms with Crippen molar-refractivity contribution in [1.82, 2.24) is 9.80 Å². The molecule has 156 valence electrons. The van der Waals surface area contributed by atoms with Gasteiger partial charge in [-0.1, -0.05) is 42.2 Å². The molecule has 0 unspecified atom stereocenters. The van der Waals surface area contributed by atoms with Crippen molar-refractivity contribution in [3.63, 3.8) is 0 Å². The number of aliphatic hydroxyl groups is 1. The van der Waals surface area contributed by atoms with Crippen LogP contribution in [0, 0.1) is 5.82 Å². The van der Waals surface area contributed by atoms with Gasteiger partial charge in [-0.3, -0.25) is 14.5 Å². The molecule has 5 nitrogen and oxygen atoms in total. The minimum absolute atomic E-state index is 0.0653. The lowest BCUT2D eigenvalue weighted by atomic mass is 9.99. The molecule has 0 radical (unpaired) electrons. The first-order valence-electron chi connectivity index (χ1n) is 9.91. The van der Waals surface area contributed by atoms with Gasteiger partial charge in [0, 0.05) is 37.7 Å². The Morgan fingerprint density at radius 2 is 2.14 bits per heavy atom. The van der Waals surface area contributed by atoms with Crippen molar-refractivity contribution in [2.45, 2.75) is 44.6 Å². The average Bonchev–Trinajstić information content (AvgIpc) is 2.97. The molecule has 1 aromatic rings. The zero-order valence-corrected chi connectivity index (χ0v) is 17.8. The van der Waals surface area contributed by atoms with Crippen molar-refractivity contribution >= 4 is 46.2 Å². The molecule has 8 heteroatoms. The third kappa shape index (κ3) is 5.43. The third-order valence-electron chi connectivity index (χ3n) is 5.25. The second-order valence-corrected chi connectivity index (χ2v) is 8.88. The monoisotopic (exact) mass is 436 g/mol. The number of benzene rings is 1. The summed E-state index contributed by atoms with van der Waals surface area (Å²) in [6.45, 7) is 1.18. The van der Waals surface area contributed by atoms with E-state index in [1.54, 1.807) is 18.2 Å². The molecule has 0 bridgehead atoms. The standard InChI is InChI=1S/C21H25FN2O3S2/c22-17-8-2-1-6-15(17)14-18-20(27)24(21(28)29-18)12-5-9-19(26)23-11-4-3-7-16(23)10-13-25/h1-2,6,8,14,16,25H,3-5,7,9-13H2/b18-14-/t16-/m0/s1. The normalized spacial score (nSPS) is 21.3. The predicted octanol–water partition coefficient (Wildman–Crippen LogP) is 3.57. The van der Waals surface area contributed by atoms with Gasteiger partial charge in [0.2, 0.25) is 5.91 Å². The summed E-state index contributed by atoms with van der Waals surface area (Å²) in [7, 11) is 0. The van der Waals surface area contributed by atoms with Gasteiger partial charge in [0.25, 0.3) is 5.91 Å². The van der Waals surface area contributed by atoms with E-state index in [2.05, 4.69) is 0 Å². The lowest BCUT2D eigenvalue weighted by molar-refractivity contribution is -0.135. The van der Waals surface area contributed by atoms with E-state index < -0.39 is 0 Å². The molecular formula is C21H25FN2O3S2. The first-order valence-corrected chi connectivity index (χ1v) is 11.1. The summed E-state index contributed by atoms with van der Waals surface area (Å²) in [5.74, 6) is -0.565. The van der Waals surface area contributed by atoms with Gasteiger partial charge in [-0.05, 0) is 44.2 Å². The largest absolute Gasteiger partial charge is 0.396 e. The molecule has 1 N–H and O–H groups in total. The Kier molecular flexibility index (Phi) is 7.80. The van der Waals surface area contributed by atoms with E-state index in [4.69, 9.17) is 12.2 Å². The summed E-state index contributed by atoms with van der Waals surface area (Å²) in [6, 6.07) is 6.39. The van der Waals surface area contributed by atoms with Gasteiger partial charge < -0.3 is 10.0 Å². The number of rotatable bonds is 7. The Bertz CT molecular complexity index is 813. The average molecular weight is 437 g/mol. The van der Waals surface area contributed by atoms with Crippen LogP contribution in [0.4, 0.5) is 4.39 Å². The molecule has 0 aliphatic carbocycles. The molecule has 0 aromatic heterocycles. The number of nitrogens with zero attached hydrogens (tertiary/aromatic N) is 2. The van der Waals surface area contributed by atoms with Crippen LogP contribution in [-0.4, -0.2) is 56.8 Å². The molecule has 3 rings (SSSR count). The van der Waals surface area contributed by atoms with E-state index in [1.165, 1.54) is 17.0 Å². The van der Waals surface area contributed by atoms with Crippen LogP contribution in [0.5, 0.6) is 0 Å². The fraction of sp³-hybridized carbons (Fsp3) is 0.476. The van der Waals surface area contributed by atoms with Gasteiger partial charge in [-0.2, -0.15) is 0 Å². The maximum Gasteiger partial charge on any atom is 0.266 e. The first kappa shape index (κ1) is 21.9. The summed E-state index contributed by atoms with van der Waals surface area (Å²) >= 11 is 6.47. The number of carbonyl (C=O) groups excluding carboxylic acids is 2. The summed E-state index contributed by atoms with van der Waals surface area (Å²) in [4.78, 5) is 29.0. The number of carbonyl (C=O) groups is 2. The summed E-state index contributed by atoms with van der Waals surface area (Å²) in [5, 5.41) is 9.22. The Morgan fingerprint density at radius 3 is 2.90 bits per heavy atom. The SMILES string of the molecule is O=C1/C(=C/c2ccccc2F)SC(=S)N1CCCC(=O)N1CCCC[C@H]1CCO. The van der Waals surface area contributed by atoms with Crippen molar-refractivity contribution in [1.29, 1.82) is 0 Å². The minimum Gasteiger partial charge on any atom is -0.396 e. The fourth-order valence-corrected chi connectivity index (χ4v) is 5.04. The summed E-state index contributed by atoms with van der Waals surface area (Å²) in [5.41, 5.74) is 0.350. The number of thioether (sulfide) groups is 1. The lowest BCUT2D eigenvalue weighted by Crippen LogP contribution is -2.44. The second-order valence-electron chi connectivity index (χ2n) is 7.21. The second kappa shape index (κ2) is 10.3. The number of amides is 2. The van der Waals surface area contributed by atoms with Crippen LogP contribution in [0.3, 0.4) is 0 Å². The predicted molar refractivity (Wildman–Crippen MR) is 117 cm³/mol. The van der Waals surface area contributed by atoms with E-state index >= 15 is 0 Å². The Balaban J connectivity index is 1.55. The Hall–Kier alpha value is -1.77. The zero-order chi connectivity index (χ0) is 20.8. The van der Waals surface area contributed by atoms with E-state index in [9.17, 15) is 19.1 Å². The third-order valence-corrected chi connectivity index (χ3v) is 6.63. The van der Waals surface area contributed by atoms with Crippen molar-refractivity contribution < 1.29 is 19.1 Å². The molecule has 2 aliphatic heterocycles. The molecule has 2 amide bonds. The van der Waals surface area contributed by atoms with Crippen LogP contribution in [0.15, 0.2) is 29.2 Å². The number of piperidine rings is 1. The van der Waals surface area contributed by atoms with Gasteiger partial charge in [0.15, 0.2) is 0 Å². The molecule has 2 heterocycles. The highest BCUT2D eigenvalue weighted by molar-refractivity contribution is 8.26. The van der Waals surface area contributed by atoms with E-state index in [0.717, 1.165) is 37.6 Å². The molecule has 0 saturated carbocycles. The number of hydrogen-bond acceptors (Lipinski definition) is 5. The van der Waals surface area contributed by atoms with Crippen molar-refractivity contribution in [3.05, 3.63) is 40.6 Å². The molecule has 0 spiro atoms. The Morgan fingerprint density at radius 1 is 1.34 bits per heavy atom. The van der Waals surface area contributed by atoms with E-state index in [1.807, 2.05) is 4.90 Å². The molecule has 2 saturated heterocycles. The molecule has 2 fully saturated rings. The number of likely N-dealkylation sites (tertiary alicyclic amines) is 1. The van der Waals surface area contributed by atoms with E-state index in [-0.39, 0.29) is 30.3 Å². The van der Waals surface area contributed by atoms with Crippen molar-refractivity contribution in [3.8, 4) is 0 Å². The summed E-state index contributed by atoms with van der Waals surface area (Å²) in [6.07, 6.45) is 5.99. The molecule has 2 aliphatic rings. The first-order chi connectivity index (χ1) is 14.0. The van der Waals surface area contributed by atoms with Gasteiger partial charge in [0.05, 0.1) is 4.91 Å². The number of thiocarbonyl (C=S) groups is 1. The van der Waals surface area contributed by atoms with Crippen LogP contribution >= 0.6 is 24.0 Å². The summed E-state index contributed by atoms with van der Waals surface area (Å²) < 4.78 is 14.3. The highest BCUT2D eigenvalue weighted by atomic mass is 32.2. The van der Waals surface area contributed by atoms with Gasteiger partial charge in [-0.15, -0.1) is 0 Å². The highest BCUT2D eigenvalue weighted by Gasteiger charge is 2.32. The van der Waals surface area contributed by atoms with Gasteiger partial charge in [0.1, 0.15) is 10.1 Å². The molecule has 29 heavy (non-hydrogen) atoms. The van der Waals surface area contributed by atoms with Gasteiger partial charge in [-0.25, -0.2) is 4.39 Å². The van der Waals surface area contributed by atoms with Crippen molar-refractivity contribution in [2.24, 2.45) is 0 Å². The zero-order valence-electron chi connectivity index (χ0n) is 16.2. The number of aliphatic hydroxyl groups excluding tert-OH is 1. The number of hydrogen-bond donors (Lipinski definition) is 1. The molecular weight excluding hydrogens is 411 g/mol. The van der Waals surface area contributed by atoms with Gasteiger partial charge >= 0.3 is 0 Å². The maximum absolute atomic E-state index is 13.8. The van der Waals surface area contributed by atoms with Crippen LogP contribution in [0.25, 0.3) is 6.08 Å². The molecule has 1 atom stereocenters. The minimum atomic E-state index is -0.387. The fourth-order valence-electron chi connectivity index (χ4n) is 3.74. The van der Waals surface area contributed by atoms with Crippen LogP contribution in [0.1, 0.15) is 44.1 Å². The molecule has 1 aromatic carbocycles. The van der Waals surface area contributed by atoms with Crippen LogP contribution in [-0.2, 0) is 9.59 Å². The lowest BCUT2D eigenvalue weighted by Gasteiger charge is -2.35. The van der Waals surface area contributed by atoms with Crippen LogP contribution < -0.4 is 0 Å². The Labute approximate surface area is 179 Å². The quantitative estimate of drug-likeness (QED) is 0.523. The van der Waals surface area contributed by atoms with Crippen LogP contribution in [0.2, 0.25) is 0 Å². The highest BCUT2D eigenvalue weighted by Crippen LogP contribution is 2.33.